The predicted molar refractivity (Wildman–Crippen MR) is 93.0 cm³/mol. The Kier molecular flexibility index (Phi) is 4.09. The fourth-order valence-electron chi connectivity index (χ4n) is 5.16. The Hall–Kier alpha value is -1.24. The molecule has 0 saturated heterocycles. The molecular weight excluding hydrogens is 268 g/mol. The summed E-state index contributed by atoms with van der Waals surface area (Å²) in [5, 5.41) is 0. The molecule has 0 bridgehead atoms. The van der Waals surface area contributed by atoms with Gasteiger partial charge in [0.2, 0.25) is 0 Å². The third kappa shape index (κ3) is 2.71. The third-order valence-corrected chi connectivity index (χ3v) is 6.46. The Bertz CT molecular complexity index is 542. The van der Waals surface area contributed by atoms with E-state index in [1.165, 1.54) is 31.3 Å². The van der Waals surface area contributed by atoms with E-state index in [2.05, 4.69) is 45.9 Å². The van der Waals surface area contributed by atoms with Crippen molar-refractivity contribution in [3.8, 4) is 5.75 Å². The minimum absolute atomic E-state index is 0.384. The van der Waals surface area contributed by atoms with Gasteiger partial charge in [-0.2, -0.15) is 0 Å². The van der Waals surface area contributed by atoms with E-state index in [1.807, 2.05) is 18.2 Å². The molecule has 120 valence electrons. The van der Waals surface area contributed by atoms with Crippen LogP contribution in [0.5, 0.6) is 5.75 Å². The number of allylic oxidation sites excluding steroid dienone is 1. The van der Waals surface area contributed by atoms with Crippen molar-refractivity contribution in [2.24, 2.45) is 22.7 Å². The smallest absolute Gasteiger partial charge is 0.119 e. The van der Waals surface area contributed by atoms with E-state index in [4.69, 9.17) is 4.74 Å². The van der Waals surface area contributed by atoms with Gasteiger partial charge in [-0.25, -0.2) is 0 Å². The molecule has 3 atom stereocenters. The molecule has 0 aliphatic heterocycles. The van der Waals surface area contributed by atoms with Crippen LogP contribution in [0.4, 0.5) is 0 Å². The van der Waals surface area contributed by atoms with Crippen LogP contribution in [0.1, 0.15) is 53.4 Å². The molecule has 0 heterocycles. The normalized spacial score (nSPS) is 33.7. The lowest BCUT2D eigenvalue weighted by Gasteiger charge is -2.56. The summed E-state index contributed by atoms with van der Waals surface area (Å²) in [7, 11) is 0. The molecule has 3 rings (SSSR count). The Morgan fingerprint density at radius 2 is 1.82 bits per heavy atom. The van der Waals surface area contributed by atoms with Gasteiger partial charge in [0.15, 0.2) is 0 Å². The second kappa shape index (κ2) is 5.76. The van der Waals surface area contributed by atoms with Crippen LogP contribution in [-0.4, -0.2) is 6.61 Å². The van der Waals surface area contributed by atoms with Crippen molar-refractivity contribution in [1.82, 2.24) is 0 Å². The van der Waals surface area contributed by atoms with Crippen molar-refractivity contribution in [2.45, 2.75) is 53.4 Å². The maximum absolute atomic E-state index is 6.16. The zero-order valence-electron chi connectivity index (χ0n) is 14.6. The van der Waals surface area contributed by atoms with Crippen LogP contribution >= 0.6 is 0 Å². The Labute approximate surface area is 135 Å². The first-order valence-electron chi connectivity index (χ1n) is 8.78. The summed E-state index contributed by atoms with van der Waals surface area (Å²) in [6.07, 6.45) is 7.80. The highest BCUT2D eigenvalue weighted by atomic mass is 16.5. The van der Waals surface area contributed by atoms with Gasteiger partial charge in [0.05, 0.1) is 6.61 Å². The number of fused-ring (bicyclic) bond motifs is 1. The van der Waals surface area contributed by atoms with Crippen molar-refractivity contribution < 1.29 is 4.74 Å². The monoisotopic (exact) mass is 298 g/mol. The first-order valence-corrected chi connectivity index (χ1v) is 8.78. The number of benzene rings is 1. The van der Waals surface area contributed by atoms with Crippen molar-refractivity contribution >= 4 is 0 Å². The second-order valence-electron chi connectivity index (χ2n) is 8.26. The molecule has 1 fully saturated rings. The summed E-state index contributed by atoms with van der Waals surface area (Å²) < 4.78 is 6.16. The summed E-state index contributed by atoms with van der Waals surface area (Å²) in [4.78, 5) is 0. The molecule has 1 heteroatoms. The van der Waals surface area contributed by atoms with E-state index in [0.29, 0.717) is 16.7 Å². The van der Waals surface area contributed by atoms with Gasteiger partial charge in [-0.3, -0.25) is 0 Å². The highest BCUT2D eigenvalue weighted by Gasteiger charge is 2.51. The number of rotatable bonds is 3. The molecule has 2 aliphatic rings. The van der Waals surface area contributed by atoms with Crippen LogP contribution in [-0.2, 0) is 0 Å². The summed E-state index contributed by atoms with van der Waals surface area (Å²) in [5.41, 5.74) is 2.37. The average molecular weight is 298 g/mol. The molecule has 1 aromatic rings. The third-order valence-electron chi connectivity index (χ3n) is 6.46. The number of hydrogen-bond donors (Lipinski definition) is 0. The zero-order chi connectivity index (χ0) is 15.8. The quantitative estimate of drug-likeness (QED) is 0.635. The van der Waals surface area contributed by atoms with E-state index < -0.39 is 0 Å². The molecule has 22 heavy (non-hydrogen) atoms. The van der Waals surface area contributed by atoms with Crippen molar-refractivity contribution in [3.05, 3.63) is 42.0 Å². The van der Waals surface area contributed by atoms with Crippen molar-refractivity contribution in [2.75, 3.05) is 6.61 Å². The maximum atomic E-state index is 6.16. The minimum atomic E-state index is 0.384. The Balaban J connectivity index is 1.82. The molecule has 1 saturated carbocycles. The molecule has 0 aromatic heterocycles. The Morgan fingerprint density at radius 3 is 2.55 bits per heavy atom. The van der Waals surface area contributed by atoms with Gasteiger partial charge in [0, 0.05) is 5.92 Å². The molecule has 2 aliphatic carbocycles. The summed E-state index contributed by atoms with van der Waals surface area (Å²) >= 11 is 0. The van der Waals surface area contributed by atoms with Crippen LogP contribution in [0.25, 0.3) is 0 Å². The van der Waals surface area contributed by atoms with Gasteiger partial charge in [-0.15, -0.1) is 0 Å². The standard InChI is InChI=1S/C21H30O/c1-16-11-12-19-20(2,3)13-8-14-21(19,4)18(16)15-22-17-9-6-5-7-10-17/h5-7,9-11,18-19H,8,12-15H2,1-4H3/t18-,19-,21+/m0/s1. The van der Waals surface area contributed by atoms with Crippen LogP contribution < -0.4 is 4.74 Å². The molecule has 0 amide bonds. The van der Waals surface area contributed by atoms with Gasteiger partial charge >= 0.3 is 0 Å². The minimum Gasteiger partial charge on any atom is -0.493 e. The molecule has 0 radical (unpaired) electrons. The van der Waals surface area contributed by atoms with Gasteiger partial charge in [0.25, 0.3) is 0 Å². The number of para-hydroxylation sites is 1. The van der Waals surface area contributed by atoms with E-state index in [0.717, 1.165) is 18.3 Å². The highest BCUT2D eigenvalue weighted by molar-refractivity contribution is 5.23. The SMILES string of the molecule is CC1=CC[C@H]2C(C)(C)CCC[C@]2(C)[C@H]1COc1ccccc1. The summed E-state index contributed by atoms with van der Waals surface area (Å²) in [6.45, 7) is 10.6. The summed E-state index contributed by atoms with van der Waals surface area (Å²) in [6, 6.07) is 10.3. The molecule has 0 spiro atoms. The molecule has 0 unspecified atom stereocenters. The molecule has 1 nitrogen and oxygen atoms in total. The lowest BCUT2D eigenvalue weighted by Crippen LogP contribution is -2.49. The van der Waals surface area contributed by atoms with Crippen LogP contribution in [0.3, 0.4) is 0 Å². The van der Waals surface area contributed by atoms with Gasteiger partial charge in [-0.1, -0.05) is 57.0 Å². The van der Waals surface area contributed by atoms with Crippen LogP contribution in [0.15, 0.2) is 42.0 Å². The zero-order valence-corrected chi connectivity index (χ0v) is 14.6. The van der Waals surface area contributed by atoms with E-state index in [1.54, 1.807) is 0 Å². The topological polar surface area (TPSA) is 9.23 Å². The van der Waals surface area contributed by atoms with Gasteiger partial charge in [-0.05, 0) is 55.1 Å². The van der Waals surface area contributed by atoms with Crippen molar-refractivity contribution in [1.29, 1.82) is 0 Å². The molecule has 0 N–H and O–H groups in total. The molecule has 1 aromatic carbocycles. The summed E-state index contributed by atoms with van der Waals surface area (Å²) in [5.74, 6) is 2.32. The van der Waals surface area contributed by atoms with Crippen LogP contribution in [0.2, 0.25) is 0 Å². The predicted octanol–water partition coefficient (Wildman–Crippen LogP) is 5.86. The fraction of sp³-hybridized carbons (Fsp3) is 0.619. The number of hydrogen-bond acceptors (Lipinski definition) is 1. The van der Waals surface area contributed by atoms with E-state index >= 15 is 0 Å². The largest absolute Gasteiger partial charge is 0.493 e. The lowest BCUT2D eigenvalue weighted by molar-refractivity contribution is -0.0481. The first-order chi connectivity index (χ1) is 10.4. The van der Waals surface area contributed by atoms with Crippen molar-refractivity contribution in [3.63, 3.8) is 0 Å². The van der Waals surface area contributed by atoms with E-state index in [-0.39, 0.29) is 0 Å². The Morgan fingerprint density at radius 1 is 1.09 bits per heavy atom. The highest BCUT2D eigenvalue weighted by Crippen LogP contribution is 2.59. The lowest BCUT2D eigenvalue weighted by atomic mass is 9.49. The van der Waals surface area contributed by atoms with Gasteiger partial charge in [0.1, 0.15) is 5.75 Å². The van der Waals surface area contributed by atoms with E-state index in [9.17, 15) is 0 Å². The van der Waals surface area contributed by atoms with Crippen LogP contribution in [0, 0.1) is 22.7 Å². The average Bonchev–Trinajstić information content (AvgIpc) is 2.46. The molecular formula is C21H30O. The second-order valence-corrected chi connectivity index (χ2v) is 8.26. The first kappa shape index (κ1) is 15.6. The maximum Gasteiger partial charge on any atom is 0.119 e. The fourth-order valence-corrected chi connectivity index (χ4v) is 5.16. The number of ether oxygens (including phenoxy) is 1. The van der Waals surface area contributed by atoms with Gasteiger partial charge < -0.3 is 4.74 Å².